The summed E-state index contributed by atoms with van der Waals surface area (Å²) >= 11 is 1.19. The predicted molar refractivity (Wildman–Crippen MR) is 118 cm³/mol. The molecule has 0 unspecified atom stereocenters. The number of aromatic amines is 1. The second-order valence-electron chi connectivity index (χ2n) is 6.69. The number of nitrogens with one attached hydrogen (secondary N) is 2. The maximum atomic E-state index is 12.3. The van der Waals surface area contributed by atoms with E-state index in [4.69, 9.17) is 4.42 Å². The molecule has 0 saturated heterocycles. The second-order valence-corrected chi connectivity index (χ2v) is 7.61. The lowest BCUT2D eigenvalue weighted by molar-refractivity contribution is -0.113. The minimum Gasteiger partial charge on any atom is -0.411 e. The Bertz CT molecular complexity index is 1350. The van der Waals surface area contributed by atoms with Gasteiger partial charge in [0, 0.05) is 16.8 Å². The van der Waals surface area contributed by atoms with Crippen LogP contribution in [0.15, 0.2) is 82.7 Å². The molecule has 31 heavy (non-hydrogen) atoms. The average Bonchev–Trinajstić information content (AvgIpc) is 3.50. The zero-order valence-corrected chi connectivity index (χ0v) is 17.0. The van der Waals surface area contributed by atoms with Crippen molar-refractivity contribution in [2.75, 3.05) is 11.1 Å². The van der Waals surface area contributed by atoms with Crippen molar-refractivity contribution >= 4 is 34.1 Å². The molecular weight excluding hydrogens is 412 g/mol. The summed E-state index contributed by atoms with van der Waals surface area (Å²) in [5.41, 5.74) is 2.34. The number of anilines is 1. The SMILES string of the molecule is O=C(CSc1nnc(-c2ccc3ccccc3c2)o1)Nc1cccc(-c2ncn[nH]2)c1. The van der Waals surface area contributed by atoms with E-state index in [1.165, 1.54) is 18.1 Å². The quantitative estimate of drug-likeness (QED) is 0.386. The van der Waals surface area contributed by atoms with Crippen LogP contribution in [-0.2, 0) is 4.79 Å². The van der Waals surface area contributed by atoms with Crippen LogP contribution in [0.25, 0.3) is 33.6 Å². The monoisotopic (exact) mass is 428 g/mol. The van der Waals surface area contributed by atoms with Crippen molar-refractivity contribution in [2.24, 2.45) is 0 Å². The molecule has 0 spiro atoms. The van der Waals surface area contributed by atoms with Gasteiger partial charge in [-0.05, 0) is 35.0 Å². The third-order valence-corrected chi connectivity index (χ3v) is 5.38. The first kappa shape index (κ1) is 19.0. The summed E-state index contributed by atoms with van der Waals surface area (Å²) in [5.74, 6) is 1.03. The topological polar surface area (TPSA) is 110 Å². The van der Waals surface area contributed by atoms with Crippen LogP contribution in [0.3, 0.4) is 0 Å². The summed E-state index contributed by atoms with van der Waals surface area (Å²) in [6.07, 6.45) is 1.44. The number of carbonyl (C=O) groups is 1. The summed E-state index contributed by atoms with van der Waals surface area (Å²) in [4.78, 5) is 16.5. The van der Waals surface area contributed by atoms with Crippen molar-refractivity contribution in [3.8, 4) is 22.8 Å². The van der Waals surface area contributed by atoms with E-state index >= 15 is 0 Å². The zero-order chi connectivity index (χ0) is 21.0. The Morgan fingerprint density at radius 1 is 0.968 bits per heavy atom. The highest BCUT2D eigenvalue weighted by Crippen LogP contribution is 2.26. The van der Waals surface area contributed by atoms with Gasteiger partial charge in [-0.25, -0.2) is 4.98 Å². The van der Waals surface area contributed by atoms with Gasteiger partial charge in [-0.2, -0.15) is 5.10 Å². The Balaban J connectivity index is 1.22. The first-order valence-corrected chi connectivity index (χ1v) is 10.4. The van der Waals surface area contributed by atoms with E-state index in [1.807, 2.05) is 66.7 Å². The van der Waals surface area contributed by atoms with Gasteiger partial charge in [0.15, 0.2) is 5.82 Å². The Morgan fingerprint density at radius 3 is 2.74 bits per heavy atom. The summed E-state index contributed by atoms with van der Waals surface area (Å²) in [7, 11) is 0. The fourth-order valence-electron chi connectivity index (χ4n) is 3.12. The number of aromatic nitrogens is 5. The summed E-state index contributed by atoms with van der Waals surface area (Å²) < 4.78 is 5.73. The first-order valence-electron chi connectivity index (χ1n) is 9.46. The molecule has 152 valence electrons. The fourth-order valence-corrected chi connectivity index (χ4v) is 3.68. The highest BCUT2D eigenvalue weighted by molar-refractivity contribution is 7.99. The normalized spacial score (nSPS) is 11.0. The van der Waals surface area contributed by atoms with Crippen LogP contribution in [0.1, 0.15) is 0 Å². The Hall–Kier alpha value is -3.98. The van der Waals surface area contributed by atoms with Crippen molar-refractivity contribution in [1.82, 2.24) is 25.4 Å². The van der Waals surface area contributed by atoms with Gasteiger partial charge in [0.2, 0.25) is 11.8 Å². The standard InChI is InChI=1S/C22H16N6O2S/c29-19(25-18-7-3-6-16(11-18)20-23-13-24-26-20)12-31-22-28-27-21(30-22)17-9-8-14-4-1-2-5-15(14)10-17/h1-11,13H,12H2,(H,25,29)(H,23,24,26). The lowest BCUT2D eigenvalue weighted by Gasteiger charge is -2.05. The average molecular weight is 428 g/mol. The van der Waals surface area contributed by atoms with E-state index in [-0.39, 0.29) is 11.7 Å². The summed E-state index contributed by atoms with van der Waals surface area (Å²) in [5, 5.41) is 20.2. The number of hydrogen-bond acceptors (Lipinski definition) is 7. The molecule has 0 bridgehead atoms. The zero-order valence-electron chi connectivity index (χ0n) is 16.1. The maximum absolute atomic E-state index is 12.3. The second kappa shape index (κ2) is 8.41. The predicted octanol–water partition coefficient (Wildman–Crippen LogP) is 4.41. The van der Waals surface area contributed by atoms with Gasteiger partial charge >= 0.3 is 0 Å². The number of thioether (sulfide) groups is 1. The highest BCUT2D eigenvalue weighted by atomic mass is 32.2. The maximum Gasteiger partial charge on any atom is 0.277 e. The Labute approximate surface area is 181 Å². The molecule has 5 rings (SSSR count). The minimum atomic E-state index is -0.176. The molecule has 0 aliphatic heterocycles. The molecule has 0 radical (unpaired) electrons. The van der Waals surface area contributed by atoms with Crippen LogP contribution >= 0.6 is 11.8 Å². The lowest BCUT2D eigenvalue weighted by atomic mass is 10.1. The van der Waals surface area contributed by atoms with Gasteiger partial charge in [-0.3, -0.25) is 9.89 Å². The third-order valence-electron chi connectivity index (χ3n) is 4.56. The van der Waals surface area contributed by atoms with Gasteiger partial charge in [-0.15, -0.1) is 10.2 Å². The first-order chi connectivity index (χ1) is 15.2. The smallest absolute Gasteiger partial charge is 0.277 e. The molecule has 9 heteroatoms. The molecule has 2 aromatic heterocycles. The molecule has 2 N–H and O–H groups in total. The van der Waals surface area contributed by atoms with Crippen molar-refractivity contribution in [2.45, 2.75) is 5.22 Å². The van der Waals surface area contributed by atoms with Gasteiger partial charge < -0.3 is 9.73 Å². The van der Waals surface area contributed by atoms with Crippen molar-refractivity contribution in [3.05, 3.63) is 73.1 Å². The van der Waals surface area contributed by atoms with Crippen LogP contribution in [-0.4, -0.2) is 37.0 Å². The number of rotatable bonds is 6. The number of amides is 1. The van der Waals surface area contributed by atoms with Crippen molar-refractivity contribution < 1.29 is 9.21 Å². The van der Waals surface area contributed by atoms with E-state index < -0.39 is 0 Å². The molecule has 0 atom stereocenters. The van der Waals surface area contributed by atoms with Gasteiger partial charge in [0.1, 0.15) is 6.33 Å². The molecule has 3 aromatic carbocycles. The van der Waals surface area contributed by atoms with E-state index in [0.717, 1.165) is 21.9 Å². The van der Waals surface area contributed by atoms with Crippen molar-refractivity contribution in [3.63, 3.8) is 0 Å². The van der Waals surface area contributed by atoms with Gasteiger partial charge in [0.05, 0.1) is 5.75 Å². The molecule has 0 saturated carbocycles. The van der Waals surface area contributed by atoms with Gasteiger partial charge in [0.25, 0.3) is 5.22 Å². The molecular formula is C22H16N6O2S. The van der Waals surface area contributed by atoms with Crippen LogP contribution in [0.5, 0.6) is 0 Å². The van der Waals surface area contributed by atoms with E-state index in [9.17, 15) is 4.79 Å². The molecule has 2 heterocycles. The van der Waals surface area contributed by atoms with Crippen LogP contribution < -0.4 is 5.32 Å². The van der Waals surface area contributed by atoms with Crippen molar-refractivity contribution in [1.29, 1.82) is 0 Å². The Morgan fingerprint density at radius 2 is 1.87 bits per heavy atom. The largest absolute Gasteiger partial charge is 0.411 e. The number of hydrogen-bond donors (Lipinski definition) is 2. The van der Waals surface area contributed by atoms with E-state index in [2.05, 4.69) is 30.7 Å². The number of fused-ring (bicyclic) bond motifs is 1. The molecule has 5 aromatic rings. The minimum absolute atomic E-state index is 0.145. The lowest BCUT2D eigenvalue weighted by Crippen LogP contribution is -2.14. The molecule has 0 fully saturated rings. The number of nitrogens with zero attached hydrogens (tertiary/aromatic N) is 4. The molecule has 1 amide bonds. The number of H-pyrrole nitrogens is 1. The van der Waals surface area contributed by atoms with Gasteiger partial charge in [-0.1, -0.05) is 54.2 Å². The van der Waals surface area contributed by atoms with Crippen LogP contribution in [0, 0.1) is 0 Å². The summed E-state index contributed by atoms with van der Waals surface area (Å²) in [6, 6.07) is 21.4. The van der Waals surface area contributed by atoms with E-state index in [1.54, 1.807) is 0 Å². The number of carbonyl (C=O) groups excluding carboxylic acids is 1. The number of benzene rings is 3. The highest BCUT2D eigenvalue weighted by Gasteiger charge is 2.12. The molecule has 0 aliphatic rings. The summed E-state index contributed by atoms with van der Waals surface area (Å²) in [6.45, 7) is 0. The van der Waals surface area contributed by atoms with E-state index in [0.29, 0.717) is 22.6 Å². The third kappa shape index (κ3) is 4.31. The molecule has 8 nitrogen and oxygen atoms in total. The van der Waals surface area contributed by atoms with Crippen LogP contribution in [0.4, 0.5) is 5.69 Å². The fraction of sp³-hybridized carbons (Fsp3) is 0.0455. The molecule has 0 aliphatic carbocycles. The van der Waals surface area contributed by atoms with Crippen LogP contribution in [0.2, 0.25) is 0 Å². The Kier molecular flexibility index (Phi) is 5.16.